The van der Waals surface area contributed by atoms with Crippen LogP contribution in [0.1, 0.15) is 43.1 Å². The molecule has 0 spiro atoms. The standard InChI is InChI=1S/C28H33N2O6P/c1-19(2)17-20(3)29-28(32)26(18-21-9-15-25(16-10-21)36-37(33,34)35)30-27(31)24-13-11-23(12-14-24)22-7-5-4-6-8-22/h4-16,19-20,26H,17-18H2,1-3H3,(H,29,32)(H,30,31)(H2,33,34,35). The Labute approximate surface area is 217 Å². The van der Waals surface area contributed by atoms with E-state index >= 15 is 0 Å². The fourth-order valence-electron chi connectivity index (χ4n) is 4.06. The molecule has 3 rings (SSSR count). The molecule has 2 unspecified atom stereocenters. The highest BCUT2D eigenvalue weighted by Crippen LogP contribution is 2.37. The first-order valence-electron chi connectivity index (χ1n) is 12.1. The second kappa shape index (κ2) is 12.7. The van der Waals surface area contributed by atoms with Gasteiger partial charge in [0, 0.05) is 18.0 Å². The Morgan fingerprint density at radius 3 is 2.00 bits per heavy atom. The van der Waals surface area contributed by atoms with E-state index in [1.54, 1.807) is 24.3 Å². The molecule has 3 aromatic rings. The second-order valence-corrected chi connectivity index (χ2v) is 10.6. The van der Waals surface area contributed by atoms with E-state index in [4.69, 9.17) is 9.79 Å². The van der Waals surface area contributed by atoms with Crippen LogP contribution in [-0.2, 0) is 15.8 Å². The van der Waals surface area contributed by atoms with Gasteiger partial charge in [0.05, 0.1) is 0 Å². The summed E-state index contributed by atoms with van der Waals surface area (Å²) in [4.78, 5) is 44.2. The number of amides is 2. The predicted molar refractivity (Wildman–Crippen MR) is 143 cm³/mol. The lowest BCUT2D eigenvalue weighted by atomic mass is 10.0. The van der Waals surface area contributed by atoms with E-state index in [0.29, 0.717) is 17.0 Å². The largest absolute Gasteiger partial charge is 0.524 e. The average molecular weight is 525 g/mol. The van der Waals surface area contributed by atoms with Gasteiger partial charge in [-0.15, -0.1) is 0 Å². The molecule has 8 nitrogen and oxygen atoms in total. The Morgan fingerprint density at radius 1 is 0.838 bits per heavy atom. The summed E-state index contributed by atoms with van der Waals surface area (Å²) in [5.41, 5.74) is 3.14. The van der Waals surface area contributed by atoms with Crippen LogP contribution < -0.4 is 15.2 Å². The zero-order valence-corrected chi connectivity index (χ0v) is 22.0. The third kappa shape index (κ3) is 9.17. The molecule has 0 saturated heterocycles. The minimum atomic E-state index is -4.67. The fraction of sp³-hybridized carbons (Fsp3) is 0.286. The molecule has 0 aliphatic rings. The highest BCUT2D eigenvalue weighted by molar-refractivity contribution is 7.46. The zero-order valence-electron chi connectivity index (χ0n) is 21.1. The van der Waals surface area contributed by atoms with Gasteiger partial charge in [-0.1, -0.05) is 68.4 Å². The van der Waals surface area contributed by atoms with Crippen molar-refractivity contribution in [2.45, 2.75) is 45.7 Å². The highest BCUT2D eigenvalue weighted by atomic mass is 31.2. The van der Waals surface area contributed by atoms with E-state index in [1.165, 1.54) is 12.1 Å². The smallest absolute Gasteiger partial charge is 0.404 e. The minimum Gasteiger partial charge on any atom is -0.404 e. The quantitative estimate of drug-likeness (QED) is 0.269. The third-order valence-corrected chi connectivity index (χ3v) is 6.13. The van der Waals surface area contributed by atoms with E-state index in [1.807, 2.05) is 49.4 Å². The molecular formula is C28H33N2O6P. The summed E-state index contributed by atoms with van der Waals surface area (Å²) in [5, 5.41) is 5.83. The van der Waals surface area contributed by atoms with E-state index in [2.05, 4.69) is 29.0 Å². The van der Waals surface area contributed by atoms with Crippen LogP contribution in [0, 0.1) is 5.92 Å². The van der Waals surface area contributed by atoms with E-state index in [-0.39, 0.29) is 30.0 Å². The maximum atomic E-state index is 13.1. The van der Waals surface area contributed by atoms with Gasteiger partial charge in [-0.05, 0) is 60.2 Å². The van der Waals surface area contributed by atoms with Crippen LogP contribution in [0.15, 0.2) is 78.9 Å². The molecule has 196 valence electrons. The first kappa shape index (κ1) is 28.1. The predicted octanol–water partition coefficient (Wildman–Crippen LogP) is 4.72. The molecule has 4 N–H and O–H groups in total. The molecule has 0 radical (unpaired) electrons. The minimum absolute atomic E-state index is 0.00572. The van der Waals surface area contributed by atoms with Crippen molar-refractivity contribution in [1.29, 1.82) is 0 Å². The Hall–Kier alpha value is -3.45. The summed E-state index contributed by atoms with van der Waals surface area (Å²) in [6, 6.07) is 22.1. The monoisotopic (exact) mass is 524 g/mol. The molecular weight excluding hydrogens is 491 g/mol. The molecule has 0 fully saturated rings. The van der Waals surface area contributed by atoms with Crippen molar-refractivity contribution in [1.82, 2.24) is 10.6 Å². The SMILES string of the molecule is CC(C)CC(C)NC(=O)C(Cc1ccc(OP(=O)(O)O)cc1)NC(=O)c1ccc(-c2ccccc2)cc1. The lowest BCUT2D eigenvalue weighted by Crippen LogP contribution is -2.50. The van der Waals surface area contributed by atoms with Crippen molar-refractivity contribution in [3.8, 4) is 16.9 Å². The summed E-state index contributed by atoms with van der Waals surface area (Å²) in [6.45, 7) is 6.07. The topological polar surface area (TPSA) is 125 Å². The number of hydrogen-bond acceptors (Lipinski definition) is 4. The number of phosphoric ester groups is 1. The first-order valence-corrected chi connectivity index (χ1v) is 13.6. The molecule has 9 heteroatoms. The van der Waals surface area contributed by atoms with Crippen LogP contribution >= 0.6 is 7.82 Å². The molecule has 0 bridgehead atoms. The van der Waals surface area contributed by atoms with Gasteiger partial charge in [0.1, 0.15) is 11.8 Å². The maximum Gasteiger partial charge on any atom is 0.524 e. The molecule has 2 amide bonds. The summed E-state index contributed by atoms with van der Waals surface area (Å²) < 4.78 is 15.6. The fourth-order valence-corrected chi connectivity index (χ4v) is 4.46. The molecule has 37 heavy (non-hydrogen) atoms. The number of phosphoric acid groups is 1. The van der Waals surface area contributed by atoms with Crippen LogP contribution in [0.3, 0.4) is 0 Å². The Morgan fingerprint density at radius 2 is 1.43 bits per heavy atom. The molecule has 0 aliphatic heterocycles. The molecule has 0 aliphatic carbocycles. The number of benzene rings is 3. The van der Waals surface area contributed by atoms with Gasteiger partial charge in [-0.2, -0.15) is 0 Å². The van der Waals surface area contributed by atoms with Crippen molar-refractivity contribution >= 4 is 19.6 Å². The molecule has 0 aromatic heterocycles. The van der Waals surface area contributed by atoms with Gasteiger partial charge in [0.25, 0.3) is 5.91 Å². The van der Waals surface area contributed by atoms with E-state index in [0.717, 1.165) is 17.5 Å². The molecule has 0 heterocycles. The summed E-state index contributed by atoms with van der Waals surface area (Å²) >= 11 is 0. The van der Waals surface area contributed by atoms with Gasteiger partial charge < -0.3 is 15.2 Å². The average Bonchev–Trinajstić information content (AvgIpc) is 2.84. The van der Waals surface area contributed by atoms with Crippen LogP contribution in [0.25, 0.3) is 11.1 Å². The summed E-state index contributed by atoms with van der Waals surface area (Å²) in [7, 11) is -4.67. The highest BCUT2D eigenvalue weighted by Gasteiger charge is 2.24. The van der Waals surface area contributed by atoms with E-state index in [9.17, 15) is 14.2 Å². The van der Waals surface area contributed by atoms with Crippen molar-refractivity contribution in [2.24, 2.45) is 5.92 Å². The Kier molecular flexibility index (Phi) is 9.64. The zero-order chi connectivity index (χ0) is 27.0. The lowest BCUT2D eigenvalue weighted by molar-refractivity contribution is -0.123. The number of rotatable bonds is 11. The Bertz CT molecular complexity index is 1220. The van der Waals surface area contributed by atoms with Crippen molar-refractivity contribution in [3.63, 3.8) is 0 Å². The van der Waals surface area contributed by atoms with Gasteiger partial charge in [-0.3, -0.25) is 19.4 Å². The Balaban J connectivity index is 1.75. The molecule has 0 saturated carbocycles. The van der Waals surface area contributed by atoms with Gasteiger partial charge in [0.15, 0.2) is 0 Å². The first-order chi connectivity index (χ1) is 17.5. The molecule has 3 aromatic carbocycles. The summed E-state index contributed by atoms with van der Waals surface area (Å²) in [6.07, 6.45) is 0.978. The number of nitrogens with one attached hydrogen (secondary N) is 2. The number of hydrogen-bond donors (Lipinski definition) is 4. The maximum absolute atomic E-state index is 13.1. The van der Waals surface area contributed by atoms with Gasteiger partial charge in [-0.25, -0.2) is 4.57 Å². The second-order valence-electron chi connectivity index (χ2n) is 9.44. The van der Waals surface area contributed by atoms with Gasteiger partial charge >= 0.3 is 7.82 Å². The van der Waals surface area contributed by atoms with Crippen LogP contribution in [0.5, 0.6) is 5.75 Å². The van der Waals surface area contributed by atoms with Crippen LogP contribution in [0.4, 0.5) is 0 Å². The lowest BCUT2D eigenvalue weighted by Gasteiger charge is -2.22. The van der Waals surface area contributed by atoms with Crippen LogP contribution in [0.2, 0.25) is 0 Å². The van der Waals surface area contributed by atoms with E-state index < -0.39 is 13.9 Å². The molecule has 2 atom stereocenters. The van der Waals surface area contributed by atoms with Gasteiger partial charge in [0.2, 0.25) is 5.91 Å². The number of carbonyl (C=O) groups is 2. The number of carbonyl (C=O) groups excluding carboxylic acids is 2. The van der Waals surface area contributed by atoms with Crippen molar-refractivity contribution in [3.05, 3.63) is 90.0 Å². The summed E-state index contributed by atoms with van der Waals surface area (Å²) in [5.74, 6) is -0.283. The van der Waals surface area contributed by atoms with Crippen molar-refractivity contribution in [2.75, 3.05) is 0 Å². The normalized spacial score (nSPS) is 13.0. The van der Waals surface area contributed by atoms with Crippen LogP contribution in [-0.4, -0.2) is 33.7 Å². The third-order valence-electron chi connectivity index (χ3n) is 5.68. The van der Waals surface area contributed by atoms with Crippen molar-refractivity contribution < 1.29 is 28.5 Å².